The van der Waals surface area contributed by atoms with Crippen molar-refractivity contribution in [2.24, 2.45) is 0 Å². The van der Waals surface area contributed by atoms with E-state index in [9.17, 15) is 5.11 Å². The zero-order valence-corrected chi connectivity index (χ0v) is 15.5. The van der Waals surface area contributed by atoms with E-state index in [0.29, 0.717) is 5.75 Å². The van der Waals surface area contributed by atoms with Crippen molar-refractivity contribution in [1.82, 2.24) is 0 Å². The topological polar surface area (TPSA) is 20.2 Å². The van der Waals surface area contributed by atoms with Gasteiger partial charge in [0.2, 0.25) is 0 Å². The maximum absolute atomic E-state index is 9.58. The summed E-state index contributed by atoms with van der Waals surface area (Å²) in [6.45, 7) is 0.526. The van der Waals surface area contributed by atoms with Gasteiger partial charge in [-0.1, -0.05) is 63.6 Å². The Labute approximate surface area is 139 Å². The van der Waals surface area contributed by atoms with Crippen molar-refractivity contribution in [1.29, 1.82) is 0 Å². The standard InChI is InChI=1S/C15H24O.Cl3HSi/c1-2-3-4-5-6-7-8-11-14-12-9-10-13-15(14)16;1-4(2)3/h9-10,12-13,16H,2-8,11H2,1H3;4H. The molecule has 0 heterocycles. The molecule has 0 atom stereocenters. The van der Waals surface area contributed by atoms with Gasteiger partial charge in [-0.2, -0.15) is 0 Å². The fourth-order valence-corrected chi connectivity index (χ4v) is 1.99. The number of benzene rings is 1. The van der Waals surface area contributed by atoms with Gasteiger partial charge >= 0.3 is 6.73 Å². The van der Waals surface area contributed by atoms with Gasteiger partial charge in [0, 0.05) is 0 Å². The third kappa shape index (κ3) is 13.1. The van der Waals surface area contributed by atoms with Crippen LogP contribution in [0.2, 0.25) is 0 Å². The van der Waals surface area contributed by atoms with Crippen LogP contribution in [-0.2, 0) is 6.42 Å². The van der Waals surface area contributed by atoms with Crippen molar-refractivity contribution >= 4 is 40.0 Å². The van der Waals surface area contributed by atoms with Gasteiger partial charge in [0.1, 0.15) is 5.75 Å². The Kier molecular flexibility index (Phi) is 14.1. The minimum atomic E-state index is -1.72. The molecule has 0 aliphatic rings. The van der Waals surface area contributed by atoms with Gasteiger partial charge in [-0.25, -0.2) is 0 Å². The maximum Gasteiger partial charge on any atom is 0.326 e. The van der Waals surface area contributed by atoms with E-state index < -0.39 is 6.73 Å². The molecule has 5 heteroatoms. The van der Waals surface area contributed by atoms with E-state index in [1.165, 1.54) is 44.9 Å². The SMILES string of the molecule is CCCCCCCCCc1ccccc1O.Cl[SiH](Cl)Cl. The lowest BCUT2D eigenvalue weighted by Gasteiger charge is -2.04. The molecule has 116 valence electrons. The van der Waals surface area contributed by atoms with Gasteiger partial charge in [-0.15, -0.1) is 33.2 Å². The monoisotopic (exact) mass is 354 g/mol. The van der Waals surface area contributed by atoms with Crippen LogP contribution in [0.5, 0.6) is 5.75 Å². The molecule has 1 rings (SSSR count). The van der Waals surface area contributed by atoms with Crippen LogP contribution >= 0.6 is 33.2 Å². The van der Waals surface area contributed by atoms with Crippen LogP contribution in [-0.4, -0.2) is 11.8 Å². The number of halogens is 3. The number of unbranched alkanes of at least 4 members (excludes halogenated alkanes) is 6. The highest BCUT2D eigenvalue weighted by Crippen LogP contribution is 2.18. The molecule has 0 saturated heterocycles. The first-order valence-electron chi connectivity index (χ1n) is 7.27. The Bertz CT molecular complexity index is 332. The summed E-state index contributed by atoms with van der Waals surface area (Å²) in [6.07, 6.45) is 10.3. The first-order chi connectivity index (χ1) is 9.57. The second kappa shape index (κ2) is 14.1. The van der Waals surface area contributed by atoms with E-state index >= 15 is 0 Å². The summed E-state index contributed by atoms with van der Waals surface area (Å²) in [7, 11) is 0. The molecule has 0 fully saturated rings. The minimum Gasteiger partial charge on any atom is -0.508 e. The van der Waals surface area contributed by atoms with E-state index in [4.69, 9.17) is 33.2 Å². The number of hydrogen-bond donors (Lipinski definition) is 1. The number of phenolic OH excluding ortho intramolecular Hbond substituents is 1. The van der Waals surface area contributed by atoms with E-state index in [1.807, 2.05) is 18.2 Å². The highest BCUT2D eigenvalue weighted by atomic mass is 35.8. The first-order valence-corrected chi connectivity index (χ1v) is 12.5. The van der Waals surface area contributed by atoms with Crippen molar-refractivity contribution < 1.29 is 5.11 Å². The van der Waals surface area contributed by atoms with Crippen LogP contribution in [0.4, 0.5) is 0 Å². The molecule has 1 aromatic rings. The van der Waals surface area contributed by atoms with E-state index in [1.54, 1.807) is 6.07 Å². The fraction of sp³-hybridized carbons (Fsp3) is 0.600. The molecule has 0 radical (unpaired) electrons. The second-order valence-electron chi connectivity index (χ2n) is 4.75. The molecule has 20 heavy (non-hydrogen) atoms. The van der Waals surface area contributed by atoms with E-state index in [0.717, 1.165) is 12.0 Å². The molecule has 1 nitrogen and oxygen atoms in total. The predicted molar refractivity (Wildman–Crippen MR) is 94.5 cm³/mol. The van der Waals surface area contributed by atoms with Gasteiger partial charge in [-0.05, 0) is 24.5 Å². The van der Waals surface area contributed by atoms with Gasteiger partial charge < -0.3 is 5.11 Å². The van der Waals surface area contributed by atoms with Crippen LogP contribution in [0, 0.1) is 0 Å². The van der Waals surface area contributed by atoms with Crippen molar-refractivity contribution in [2.45, 2.75) is 58.3 Å². The van der Waals surface area contributed by atoms with Crippen molar-refractivity contribution in [3.8, 4) is 5.75 Å². The summed E-state index contributed by atoms with van der Waals surface area (Å²) in [5.74, 6) is 0.452. The van der Waals surface area contributed by atoms with Gasteiger partial charge in [-0.3, -0.25) is 0 Å². The third-order valence-corrected chi connectivity index (χ3v) is 3.04. The lowest BCUT2D eigenvalue weighted by Crippen LogP contribution is -1.87. The van der Waals surface area contributed by atoms with Gasteiger partial charge in [0.15, 0.2) is 0 Å². The summed E-state index contributed by atoms with van der Waals surface area (Å²) in [5.41, 5.74) is 1.09. The minimum absolute atomic E-state index is 0.452. The van der Waals surface area contributed by atoms with E-state index in [-0.39, 0.29) is 0 Å². The highest BCUT2D eigenvalue weighted by molar-refractivity contribution is 7.54. The van der Waals surface area contributed by atoms with Gasteiger partial charge in [0.05, 0.1) is 0 Å². The number of phenols is 1. The number of hydrogen-bond acceptors (Lipinski definition) is 1. The van der Waals surface area contributed by atoms with Crippen molar-refractivity contribution in [2.75, 3.05) is 0 Å². The number of aromatic hydroxyl groups is 1. The first kappa shape index (κ1) is 20.1. The van der Waals surface area contributed by atoms with Crippen LogP contribution in [0.25, 0.3) is 0 Å². The molecule has 0 bridgehead atoms. The number of para-hydroxylation sites is 1. The third-order valence-electron chi connectivity index (χ3n) is 3.04. The molecule has 0 spiro atoms. The molecule has 0 amide bonds. The Balaban J connectivity index is 0.000000796. The average molecular weight is 356 g/mol. The van der Waals surface area contributed by atoms with Crippen LogP contribution in [0.15, 0.2) is 24.3 Å². The summed E-state index contributed by atoms with van der Waals surface area (Å²) in [4.78, 5) is 0. The molecular formula is C15H25Cl3OSi. The number of aryl methyl sites for hydroxylation is 1. The normalized spacial score (nSPS) is 10.2. The molecule has 1 N–H and O–H groups in total. The summed E-state index contributed by atoms with van der Waals surface area (Å²) < 4.78 is 0. The Morgan fingerprint density at radius 1 is 0.900 bits per heavy atom. The molecule has 0 aromatic heterocycles. The Morgan fingerprint density at radius 3 is 1.95 bits per heavy atom. The van der Waals surface area contributed by atoms with Gasteiger partial charge in [0.25, 0.3) is 0 Å². The lowest BCUT2D eigenvalue weighted by molar-refractivity contribution is 0.466. The number of rotatable bonds is 8. The highest BCUT2D eigenvalue weighted by Gasteiger charge is 1.98. The summed E-state index contributed by atoms with van der Waals surface area (Å²) in [6, 6.07) is 7.67. The molecule has 0 saturated carbocycles. The van der Waals surface area contributed by atoms with Crippen molar-refractivity contribution in [3.05, 3.63) is 29.8 Å². The smallest absolute Gasteiger partial charge is 0.326 e. The fourth-order valence-electron chi connectivity index (χ4n) is 1.99. The van der Waals surface area contributed by atoms with Crippen LogP contribution in [0.3, 0.4) is 0 Å². The largest absolute Gasteiger partial charge is 0.508 e. The van der Waals surface area contributed by atoms with Crippen molar-refractivity contribution in [3.63, 3.8) is 0 Å². The maximum atomic E-state index is 9.58. The quantitative estimate of drug-likeness (QED) is 0.339. The van der Waals surface area contributed by atoms with E-state index in [2.05, 4.69) is 6.92 Å². The average Bonchev–Trinajstić information content (AvgIpc) is 2.39. The zero-order valence-electron chi connectivity index (χ0n) is 12.1. The predicted octanol–water partition coefficient (Wildman–Crippen LogP) is 6.11. The second-order valence-corrected chi connectivity index (χ2v) is 11.2. The van der Waals surface area contributed by atoms with Crippen LogP contribution < -0.4 is 0 Å². The summed E-state index contributed by atoms with van der Waals surface area (Å²) in [5, 5.41) is 9.58. The Morgan fingerprint density at radius 2 is 1.40 bits per heavy atom. The molecule has 0 unspecified atom stereocenters. The Hall–Kier alpha value is 0.107. The molecule has 0 aliphatic carbocycles. The molecule has 0 aliphatic heterocycles. The lowest BCUT2D eigenvalue weighted by atomic mass is 10.0. The summed E-state index contributed by atoms with van der Waals surface area (Å²) >= 11 is 14.8. The molecular weight excluding hydrogens is 331 g/mol. The molecule has 1 aromatic carbocycles. The van der Waals surface area contributed by atoms with Crippen LogP contribution in [0.1, 0.15) is 57.4 Å². The zero-order chi connectivity index (χ0) is 15.2.